The monoisotopic (exact) mass is 557 g/mol. The lowest BCUT2D eigenvalue weighted by atomic mass is 10.0. The largest absolute Gasteiger partial charge is 0.478 e. The molecule has 202 valence electrons. The number of amides is 1. The van der Waals surface area contributed by atoms with Crippen molar-refractivity contribution in [3.05, 3.63) is 72.2 Å². The van der Waals surface area contributed by atoms with E-state index in [0.717, 1.165) is 17.8 Å². The van der Waals surface area contributed by atoms with Gasteiger partial charge < -0.3 is 14.4 Å². The van der Waals surface area contributed by atoms with Gasteiger partial charge >= 0.3 is 12.1 Å². The molecule has 0 aliphatic heterocycles. The van der Waals surface area contributed by atoms with Crippen LogP contribution >= 0.6 is 11.8 Å². The number of aromatic nitrogens is 2. The molecule has 2 N–H and O–H groups in total. The summed E-state index contributed by atoms with van der Waals surface area (Å²) in [4.78, 5) is 28.3. The quantitative estimate of drug-likeness (QED) is 0.238. The van der Waals surface area contributed by atoms with Gasteiger partial charge in [0.15, 0.2) is 0 Å². The Hall–Kier alpha value is -3.57. The Bertz CT molecular complexity index is 1450. The number of rotatable bonds is 11. The lowest BCUT2D eigenvalue weighted by molar-refractivity contribution is -0.130. The number of carboxylic acid groups (broad SMARTS) is 1. The number of nitrogens with one attached hydrogen (secondary N) is 1. The van der Waals surface area contributed by atoms with Crippen LogP contribution in [0.2, 0.25) is 0 Å². The summed E-state index contributed by atoms with van der Waals surface area (Å²) in [6.45, 7) is 9.86. The number of ether oxygens (including phenoxy) is 1. The van der Waals surface area contributed by atoms with E-state index in [1.165, 1.54) is 17.8 Å². The first kappa shape index (κ1) is 29.0. The molecule has 0 radical (unpaired) electrons. The minimum atomic E-state index is -4.17. The number of hydrogen-bond acceptors (Lipinski definition) is 7. The number of carboxylic acids is 1. The SMILES string of the molecule is C=C(C(=O)O)c1c(SC)nc(C(C)CC)n1Cc1ccc(-c2ccccc2S(=O)(=O)NC(=O)OCC)cc1. The Kier molecular flexibility index (Phi) is 9.40. The first-order chi connectivity index (χ1) is 18.0. The zero-order chi connectivity index (χ0) is 28.0. The van der Waals surface area contributed by atoms with Gasteiger partial charge in [0.2, 0.25) is 0 Å². The van der Waals surface area contributed by atoms with E-state index in [4.69, 9.17) is 9.72 Å². The normalized spacial score (nSPS) is 12.1. The molecule has 1 aromatic heterocycles. The van der Waals surface area contributed by atoms with Crippen LogP contribution in [0.3, 0.4) is 0 Å². The molecule has 1 unspecified atom stereocenters. The molecule has 0 aliphatic rings. The fraction of sp³-hybridized carbons (Fsp3) is 0.296. The Labute approximate surface area is 227 Å². The lowest BCUT2D eigenvalue weighted by Crippen LogP contribution is -2.31. The van der Waals surface area contributed by atoms with Crippen LogP contribution < -0.4 is 4.72 Å². The summed E-state index contributed by atoms with van der Waals surface area (Å²) in [5.74, 6) is -0.235. The summed E-state index contributed by atoms with van der Waals surface area (Å²) in [6, 6.07) is 13.6. The average molecular weight is 558 g/mol. The maximum atomic E-state index is 12.9. The molecule has 9 nitrogen and oxygen atoms in total. The van der Waals surface area contributed by atoms with Crippen LogP contribution in [0.1, 0.15) is 50.2 Å². The summed E-state index contributed by atoms with van der Waals surface area (Å²) >= 11 is 1.37. The topological polar surface area (TPSA) is 128 Å². The van der Waals surface area contributed by atoms with E-state index in [2.05, 4.69) is 6.58 Å². The highest BCUT2D eigenvalue weighted by Gasteiger charge is 2.25. The highest BCUT2D eigenvalue weighted by molar-refractivity contribution is 7.98. The Morgan fingerprint density at radius 3 is 2.39 bits per heavy atom. The molecule has 0 saturated heterocycles. The molecule has 1 amide bonds. The molecule has 38 heavy (non-hydrogen) atoms. The van der Waals surface area contributed by atoms with Gasteiger partial charge in [-0.15, -0.1) is 11.8 Å². The predicted molar refractivity (Wildman–Crippen MR) is 148 cm³/mol. The van der Waals surface area contributed by atoms with Gasteiger partial charge in [-0.1, -0.05) is 62.9 Å². The van der Waals surface area contributed by atoms with Gasteiger partial charge in [-0.3, -0.25) is 0 Å². The van der Waals surface area contributed by atoms with Crippen molar-refractivity contribution in [3.63, 3.8) is 0 Å². The minimum absolute atomic E-state index is 0.0266. The van der Waals surface area contributed by atoms with Gasteiger partial charge in [-0.2, -0.15) is 0 Å². The smallest absolute Gasteiger partial charge is 0.421 e. The second kappa shape index (κ2) is 12.3. The third-order valence-corrected chi connectivity index (χ3v) is 8.07. The molecule has 3 aromatic rings. The summed E-state index contributed by atoms with van der Waals surface area (Å²) in [5, 5.41) is 10.3. The molecular weight excluding hydrogens is 526 g/mol. The molecule has 0 spiro atoms. The van der Waals surface area contributed by atoms with Crippen LogP contribution in [-0.4, -0.2) is 48.0 Å². The predicted octanol–water partition coefficient (Wildman–Crippen LogP) is 5.37. The number of thioether (sulfide) groups is 1. The van der Waals surface area contributed by atoms with Crippen LogP contribution in [0.5, 0.6) is 0 Å². The number of imidazole rings is 1. The van der Waals surface area contributed by atoms with E-state index in [1.54, 1.807) is 37.3 Å². The van der Waals surface area contributed by atoms with E-state index in [0.29, 0.717) is 28.4 Å². The number of benzene rings is 2. The van der Waals surface area contributed by atoms with Crippen LogP contribution in [0, 0.1) is 0 Å². The first-order valence-corrected chi connectivity index (χ1v) is 14.7. The Morgan fingerprint density at radius 2 is 1.82 bits per heavy atom. The summed E-state index contributed by atoms with van der Waals surface area (Å²) < 4.78 is 34.3. The van der Waals surface area contributed by atoms with Crippen LogP contribution in [0.4, 0.5) is 4.79 Å². The van der Waals surface area contributed by atoms with Gasteiger partial charge in [0.25, 0.3) is 10.0 Å². The van der Waals surface area contributed by atoms with Gasteiger partial charge in [-0.25, -0.2) is 27.7 Å². The molecular formula is C27H31N3O6S2. The zero-order valence-corrected chi connectivity index (χ0v) is 23.4. The van der Waals surface area contributed by atoms with Crippen molar-refractivity contribution in [1.82, 2.24) is 14.3 Å². The van der Waals surface area contributed by atoms with Crippen molar-refractivity contribution >= 4 is 39.4 Å². The van der Waals surface area contributed by atoms with Crippen molar-refractivity contribution in [1.29, 1.82) is 0 Å². The van der Waals surface area contributed by atoms with Gasteiger partial charge in [0, 0.05) is 18.0 Å². The van der Waals surface area contributed by atoms with Gasteiger partial charge in [0.1, 0.15) is 10.9 Å². The van der Waals surface area contributed by atoms with Crippen LogP contribution in [0.25, 0.3) is 16.7 Å². The van der Waals surface area contributed by atoms with Crippen molar-refractivity contribution in [2.24, 2.45) is 0 Å². The van der Waals surface area contributed by atoms with Crippen molar-refractivity contribution < 1.29 is 27.9 Å². The highest BCUT2D eigenvalue weighted by Crippen LogP contribution is 2.33. The average Bonchev–Trinajstić information content (AvgIpc) is 3.26. The van der Waals surface area contributed by atoms with E-state index in [1.807, 2.05) is 41.5 Å². The molecule has 1 atom stereocenters. The Morgan fingerprint density at radius 1 is 1.16 bits per heavy atom. The number of nitrogens with zero attached hydrogens (tertiary/aromatic N) is 2. The zero-order valence-electron chi connectivity index (χ0n) is 21.7. The van der Waals surface area contributed by atoms with Crippen molar-refractivity contribution in [2.75, 3.05) is 12.9 Å². The maximum absolute atomic E-state index is 12.9. The van der Waals surface area contributed by atoms with E-state index >= 15 is 0 Å². The fourth-order valence-corrected chi connectivity index (χ4v) is 5.67. The molecule has 1 heterocycles. The number of aliphatic carboxylic acids is 1. The summed E-state index contributed by atoms with van der Waals surface area (Å²) in [7, 11) is -4.17. The van der Waals surface area contributed by atoms with Crippen LogP contribution in [0.15, 0.2) is 65.0 Å². The molecule has 3 rings (SSSR count). The minimum Gasteiger partial charge on any atom is -0.478 e. The molecule has 11 heteroatoms. The lowest BCUT2D eigenvalue weighted by Gasteiger charge is -2.16. The number of hydrogen-bond donors (Lipinski definition) is 2. The van der Waals surface area contributed by atoms with Crippen molar-refractivity contribution in [3.8, 4) is 11.1 Å². The molecule has 0 aliphatic carbocycles. The number of sulfonamides is 1. The fourth-order valence-electron chi connectivity index (χ4n) is 3.94. The van der Waals surface area contributed by atoms with E-state index in [9.17, 15) is 23.1 Å². The van der Waals surface area contributed by atoms with E-state index < -0.39 is 22.1 Å². The standard InChI is InChI=1S/C27H31N3O6S2/c1-6-17(3)24-28-25(37-5)23(18(4)26(31)32)30(24)16-19-12-14-20(15-13-19)21-10-8-9-11-22(21)38(34,35)29-27(33)36-7-2/h8-15,17H,4,6-7,16H2,1-3,5H3,(H,29,33)(H,31,32). The van der Waals surface area contributed by atoms with Gasteiger partial charge in [-0.05, 0) is 36.8 Å². The highest BCUT2D eigenvalue weighted by atomic mass is 32.2. The third-order valence-electron chi connectivity index (χ3n) is 6.03. The summed E-state index contributed by atoms with van der Waals surface area (Å²) in [5.41, 5.74) is 2.37. The number of carbonyl (C=O) groups is 2. The van der Waals surface area contributed by atoms with Crippen LogP contribution in [-0.2, 0) is 26.1 Å². The van der Waals surface area contributed by atoms with Crippen molar-refractivity contribution in [2.45, 2.75) is 49.6 Å². The molecule has 0 bridgehead atoms. The van der Waals surface area contributed by atoms with E-state index in [-0.39, 0.29) is 23.0 Å². The molecule has 0 saturated carbocycles. The second-order valence-corrected chi connectivity index (χ2v) is 11.0. The maximum Gasteiger partial charge on any atom is 0.421 e. The summed E-state index contributed by atoms with van der Waals surface area (Å²) in [6.07, 6.45) is 1.63. The molecule has 0 fully saturated rings. The second-order valence-electron chi connectivity index (χ2n) is 8.53. The number of carbonyl (C=O) groups excluding carboxylic acids is 1. The Balaban J connectivity index is 2.00. The third kappa shape index (κ3) is 6.28. The first-order valence-electron chi connectivity index (χ1n) is 12.0. The van der Waals surface area contributed by atoms with Gasteiger partial charge in [0.05, 0.1) is 22.8 Å². The molecule has 2 aromatic carbocycles.